The minimum atomic E-state index is -1.11. The molecule has 94 valence electrons. The van der Waals surface area contributed by atoms with Gasteiger partial charge in [0.2, 0.25) is 0 Å². The summed E-state index contributed by atoms with van der Waals surface area (Å²) in [5.74, 6) is -0.705. The minimum absolute atomic E-state index is 0.0158. The maximum absolute atomic E-state index is 13.6. The van der Waals surface area contributed by atoms with Crippen molar-refractivity contribution in [1.29, 1.82) is 5.26 Å². The Hall–Kier alpha value is -2.20. The quantitative estimate of drug-likeness (QED) is 0.643. The van der Waals surface area contributed by atoms with Crippen LogP contribution in [0.4, 0.5) is 15.8 Å². The average Bonchev–Trinajstić information content (AvgIpc) is 2.26. The van der Waals surface area contributed by atoms with Gasteiger partial charge in [0.15, 0.2) is 5.82 Å². The van der Waals surface area contributed by atoms with Gasteiger partial charge in [-0.1, -0.05) is 0 Å². The highest BCUT2D eigenvalue weighted by Gasteiger charge is 2.42. The van der Waals surface area contributed by atoms with Crippen LogP contribution in [0.15, 0.2) is 18.2 Å². The van der Waals surface area contributed by atoms with E-state index in [-0.39, 0.29) is 30.9 Å². The first-order valence-electron chi connectivity index (χ1n) is 5.23. The van der Waals surface area contributed by atoms with E-state index in [4.69, 9.17) is 5.26 Å². The summed E-state index contributed by atoms with van der Waals surface area (Å²) in [7, 11) is 0. The third-order valence-corrected chi connectivity index (χ3v) is 2.86. The fourth-order valence-electron chi connectivity index (χ4n) is 1.96. The fraction of sp³-hybridized carbons (Fsp3) is 0.364. The molecule has 0 spiro atoms. The molecule has 0 bridgehead atoms. The summed E-state index contributed by atoms with van der Waals surface area (Å²) in [6.45, 7) is 0.296. The molecule has 18 heavy (non-hydrogen) atoms. The second-order valence-corrected chi connectivity index (χ2v) is 4.31. The first-order valence-corrected chi connectivity index (χ1v) is 5.23. The molecular weight excluding hydrogens is 241 g/mol. The standard InChI is InChI=1S/C11H10FN3O3/c12-9-5-8(15(17)18)1-2-10(9)14-6-11(16,7-14)3-4-13/h1-2,5,16H,3,6-7H2. The summed E-state index contributed by atoms with van der Waals surface area (Å²) in [6.07, 6.45) is -0.0158. The molecule has 0 saturated carbocycles. The maximum Gasteiger partial charge on any atom is 0.272 e. The number of nitriles is 1. The van der Waals surface area contributed by atoms with Crippen molar-refractivity contribution in [3.63, 3.8) is 0 Å². The molecular formula is C11H10FN3O3. The molecule has 0 radical (unpaired) electrons. The number of hydrogen-bond acceptors (Lipinski definition) is 5. The maximum atomic E-state index is 13.6. The van der Waals surface area contributed by atoms with E-state index in [0.29, 0.717) is 0 Å². The van der Waals surface area contributed by atoms with E-state index >= 15 is 0 Å². The van der Waals surface area contributed by atoms with Crippen molar-refractivity contribution in [2.45, 2.75) is 12.0 Å². The largest absolute Gasteiger partial charge is 0.385 e. The molecule has 0 aromatic heterocycles. The average molecular weight is 251 g/mol. The minimum Gasteiger partial charge on any atom is -0.385 e. The zero-order valence-electron chi connectivity index (χ0n) is 9.34. The molecule has 1 fully saturated rings. The van der Waals surface area contributed by atoms with Crippen LogP contribution in [0.1, 0.15) is 6.42 Å². The summed E-state index contributed by atoms with van der Waals surface area (Å²) >= 11 is 0. The third kappa shape index (κ3) is 2.10. The van der Waals surface area contributed by atoms with Crippen molar-refractivity contribution >= 4 is 11.4 Å². The lowest BCUT2D eigenvalue weighted by molar-refractivity contribution is -0.385. The van der Waals surface area contributed by atoms with Gasteiger partial charge in [0.25, 0.3) is 5.69 Å². The van der Waals surface area contributed by atoms with Gasteiger partial charge in [-0.3, -0.25) is 10.1 Å². The Bertz CT molecular complexity index is 535. The molecule has 1 aliphatic heterocycles. The smallest absolute Gasteiger partial charge is 0.272 e. The lowest BCUT2D eigenvalue weighted by Crippen LogP contribution is -2.62. The number of nitro groups is 1. The fourth-order valence-corrected chi connectivity index (χ4v) is 1.96. The zero-order valence-corrected chi connectivity index (χ0v) is 9.34. The van der Waals surface area contributed by atoms with E-state index in [9.17, 15) is 19.6 Å². The normalized spacial score (nSPS) is 16.8. The van der Waals surface area contributed by atoms with Crippen LogP contribution in [0.3, 0.4) is 0 Å². The number of aliphatic hydroxyl groups is 1. The molecule has 0 aliphatic carbocycles. The zero-order chi connectivity index (χ0) is 13.3. The molecule has 2 rings (SSSR count). The van der Waals surface area contributed by atoms with Crippen molar-refractivity contribution < 1.29 is 14.4 Å². The molecule has 7 heteroatoms. The molecule has 0 amide bonds. The Morgan fingerprint density at radius 2 is 2.28 bits per heavy atom. The summed E-state index contributed by atoms with van der Waals surface area (Å²) in [5, 5.41) is 28.7. The van der Waals surface area contributed by atoms with Crippen LogP contribution in [-0.2, 0) is 0 Å². The topological polar surface area (TPSA) is 90.4 Å². The highest BCUT2D eigenvalue weighted by atomic mass is 19.1. The van der Waals surface area contributed by atoms with Gasteiger partial charge in [0, 0.05) is 19.2 Å². The number of rotatable bonds is 3. The van der Waals surface area contributed by atoms with Gasteiger partial charge in [-0.25, -0.2) is 4.39 Å². The highest BCUT2D eigenvalue weighted by Crippen LogP contribution is 2.32. The molecule has 1 aliphatic rings. The number of halogens is 1. The number of benzene rings is 1. The van der Waals surface area contributed by atoms with Crippen LogP contribution in [0.25, 0.3) is 0 Å². The Morgan fingerprint density at radius 3 is 2.78 bits per heavy atom. The summed E-state index contributed by atoms with van der Waals surface area (Å²) < 4.78 is 13.6. The molecule has 0 atom stereocenters. The first-order chi connectivity index (χ1) is 8.45. The van der Waals surface area contributed by atoms with Crippen LogP contribution in [0.2, 0.25) is 0 Å². The van der Waals surface area contributed by atoms with Crippen molar-refractivity contribution in [3.8, 4) is 6.07 Å². The highest BCUT2D eigenvalue weighted by molar-refractivity contribution is 5.55. The molecule has 0 unspecified atom stereocenters. The van der Waals surface area contributed by atoms with Gasteiger partial charge in [-0.2, -0.15) is 5.26 Å². The second-order valence-electron chi connectivity index (χ2n) is 4.31. The third-order valence-electron chi connectivity index (χ3n) is 2.86. The van der Waals surface area contributed by atoms with E-state index in [1.807, 2.05) is 6.07 Å². The Kier molecular flexibility index (Phi) is 2.88. The molecule has 1 heterocycles. The van der Waals surface area contributed by atoms with Crippen LogP contribution < -0.4 is 4.90 Å². The number of nitrogens with zero attached hydrogens (tertiary/aromatic N) is 3. The van der Waals surface area contributed by atoms with Crippen molar-refractivity contribution in [2.75, 3.05) is 18.0 Å². The van der Waals surface area contributed by atoms with Crippen LogP contribution in [0.5, 0.6) is 0 Å². The lowest BCUT2D eigenvalue weighted by atomic mass is 9.90. The molecule has 6 nitrogen and oxygen atoms in total. The number of β-amino-alcohol motifs (C(OH)–C–C–N with tert-alkyl or cyclic N) is 1. The number of hydrogen-bond donors (Lipinski definition) is 1. The Morgan fingerprint density at radius 1 is 1.61 bits per heavy atom. The monoisotopic (exact) mass is 251 g/mol. The van der Waals surface area contributed by atoms with E-state index in [1.54, 1.807) is 0 Å². The van der Waals surface area contributed by atoms with Gasteiger partial charge < -0.3 is 10.0 Å². The summed E-state index contributed by atoms with van der Waals surface area (Å²) in [4.78, 5) is 11.3. The van der Waals surface area contributed by atoms with E-state index in [1.165, 1.54) is 17.0 Å². The Balaban J connectivity index is 2.13. The Labute approximate surface area is 102 Å². The van der Waals surface area contributed by atoms with Gasteiger partial charge in [0.1, 0.15) is 5.60 Å². The molecule has 1 aromatic rings. The predicted molar refractivity (Wildman–Crippen MR) is 60.4 cm³/mol. The number of anilines is 1. The summed E-state index contributed by atoms with van der Waals surface area (Å²) in [5.41, 5.74) is -1.23. The van der Waals surface area contributed by atoms with E-state index in [0.717, 1.165) is 6.07 Å². The van der Waals surface area contributed by atoms with Gasteiger partial charge in [-0.15, -0.1) is 0 Å². The van der Waals surface area contributed by atoms with Gasteiger partial charge in [-0.05, 0) is 6.07 Å². The predicted octanol–water partition coefficient (Wildman–Crippen LogP) is 1.20. The molecule has 1 N–H and O–H groups in total. The SMILES string of the molecule is N#CCC1(O)CN(c2ccc([N+](=O)[O-])cc2F)C1. The van der Waals surface area contributed by atoms with Gasteiger partial charge in [0.05, 0.1) is 29.2 Å². The van der Waals surface area contributed by atoms with Crippen LogP contribution in [-0.4, -0.2) is 28.7 Å². The molecule has 1 aromatic carbocycles. The first kappa shape index (κ1) is 12.3. The van der Waals surface area contributed by atoms with E-state index < -0.39 is 16.3 Å². The van der Waals surface area contributed by atoms with Crippen LogP contribution >= 0.6 is 0 Å². The van der Waals surface area contributed by atoms with Crippen molar-refractivity contribution in [1.82, 2.24) is 0 Å². The lowest BCUT2D eigenvalue weighted by Gasteiger charge is -2.46. The second kappa shape index (κ2) is 4.23. The number of non-ortho nitro benzene ring substituents is 1. The van der Waals surface area contributed by atoms with E-state index in [2.05, 4.69) is 0 Å². The molecule has 1 saturated heterocycles. The van der Waals surface area contributed by atoms with Crippen molar-refractivity contribution in [3.05, 3.63) is 34.1 Å². The summed E-state index contributed by atoms with van der Waals surface area (Å²) in [6, 6.07) is 5.22. The van der Waals surface area contributed by atoms with Crippen LogP contribution in [0, 0.1) is 27.3 Å². The number of nitro benzene ring substituents is 1. The van der Waals surface area contributed by atoms with Crippen molar-refractivity contribution in [2.24, 2.45) is 0 Å². The van der Waals surface area contributed by atoms with Gasteiger partial charge >= 0.3 is 0 Å².